The van der Waals surface area contributed by atoms with Gasteiger partial charge in [0.25, 0.3) is 5.91 Å². The maximum absolute atomic E-state index is 12.4. The summed E-state index contributed by atoms with van der Waals surface area (Å²) in [5.74, 6) is 1.58. The molecule has 0 bridgehead atoms. The first kappa shape index (κ1) is 14.7. The van der Waals surface area contributed by atoms with Gasteiger partial charge in [0.1, 0.15) is 5.76 Å². The van der Waals surface area contributed by atoms with Gasteiger partial charge >= 0.3 is 0 Å². The average Bonchev–Trinajstić information content (AvgIpc) is 3.08. The van der Waals surface area contributed by atoms with Gasteiger partial charge in [-0.2, -0.15) is 0 Å². The maximum Gasteiger partial charge on any atom is 0.252 e. The topological polar surface area (TPSA) is 45.8 Å². The van der Waals surface area contributed by atoms with Crippen molar-refractivity contribution in [1.82, 2.24) is 4.90 Å². The molecule has 1 fully saturated rings. The van der Waals surface area contributed by atoms with E-state index in [2.05, 4.69) is 4.99 Å². The van der Waals surface area contributed by atoms with E-state index in [1.807, 2.05) is 36.4 Å². The van der Waals surface area contributed by atoms with Crippen molar-refractivity contribution in [3.63, 3.8) is 0 Å². The fourth-order valence-electron chi connectivity index (χ4n) is 2.10. The number of benzene rings is 1. The second-order valence-corrected chi connectivity index (χ2v) is 5.83. The number of carbonyl (C=O) groups excluding carboxylic acids is 1. The molecule has 3 rings (SSSR count). The van der Waals surface area contributed by atoms with Gasteiger partial charge in [0.2, 0.25) is 0 Å². The second kappa shape index (κ2) is 7.13. The molecule has 22 heavy (non-hydrogen) atoms. The minimum absolute atomic E-state index is 0.0710. The summed E-state index contributed by atoms with van der Waals surface area (Å²) in [6.45, 7) is 0.694. The largest absolute Gasteiger partial charge is 0.465 e. The Morgan fingerprint density at radius 1 is 1.23 bits per heavy atom. The van der Waals surface area contributed by atoms with Crippen LogP contribution in [0, 0.1) is 0 Å². The first-order chi connectivity index (χ1) is 10.8. The van der Waals surface area contributed by atoms with E-state index in [-0.39, 0.29) is 5.91 Å². The Morgan fingerprint density at radius 3 is 2.86 bits per heavy atom. The third-order valence-electron chi connectivity index (χ3n) is 3.17. The number of hydrogen-bond acceptors (Lipinski definition) is 4. The Balaban J connectivity index is 1.77. The van der Waals surface area contributed by atoms with Crippen LogP contribution < -0.4 is 0 Å². The molecule has 1 aromatic carbocycles. The number of carbonyl (C=O) groups is 1. The molecular weight excluding hydrogens is 296 g/mol. The van der Waals surface area contributed by atoms with Gasteiger partial charge in [-0.25, -0.2) is 4.99 Å². The highest BCUT2D eigenvalue weighted by Crippen LogP contribution is 2.22. The SMILES string of the molecule is O=C(C=Cc1ccco1)N1CCCSC1=Nc1ccccc1. The van der Waals surface area contributed by atoms with Crippen LogP contribution in [0.25, 0.3) is 6.08 Å². The standard InChI is InChI=1S/C17H16N2O2S/c20-16(10-9-15-8-4-12-21-15)19-11-5-13-22-17(19)18-14-6-2-1-3-7-14/h1-4,6-10,12H,5,11,13H2. The zero-order valence-electron chi connectivity index (χ0n) is 12.0. The van der Waals surface area contributed by atoms with Crippen molar-refractivity contribution in [3.8, 4) is 0 Å². The summed E-state index contributed by atoms with van der Waals surface area (Å²) in [5.41, 5.74) is 0.861. The van der Waals surface area contributed by atoms with Crippen molar-refractivity contribution in [2.24, 2.45) is 4.99 Å². The predicted octanol–water partition coefficient (Wildman–Crippen LogP) is 3.95. The molecule has 4 nitrogen and oxygen atoms in total. The molecule has 0 N–H and O–H groups in total. The molecule has 1 amide bonds. The molecule has 0 radical (unpaired) electrons. The average molecular weight is 312 g/mol. The van der Waals surface area contributed by atoms with Crippen LogP contribution in [0.15, 0.2) is 64.2 Å². The molecule has 2 aromatic rings. The molecule has 0 atom stereocenters. The first-order valence-corrected chi connectivity index (χ1v) is 8.11. The summed E-state index contributed by atoms with van der Waals surface area (Å²) < 4.78 is 5.20. The van der Waals surface area contributed by atoms with E-state index in [4.69, 9.17) is 4.42 Å². The van der Waals surface area contributed by atoms with E-state index in [1.54, 1.807) is 35.1 Å². The third kappa shape index (κ3) is 3.68. The predicted molar refractivity (Wildman–Crippen MR) is 90.1 cm³/mol. The van der Waals surface area contributed by atoms with Crippen molar-refractivity contribution in [3.05, 3.63) is 60.6 Å². The van der Waals surface area contributed by atoms with Gasteiger partial charge in [0, 0.05) is 18.4 Å². The first-order valence-electron chi connectivity index (χ1n) is 7.12. The zero-order chi connectivity index (χ0) is 15.2. The minimum atomic E-state index is -0.0710. The molecule has 1 aliphatic rings. The molecular formula is C17H16N2O2S. The van der Waals surface area contributed by atoms with Crippen LogP contribution in [0.4, 0.5) is 5.69 Å². The molecule has 1 saturated heterocycles. The Hall–Kier alpha value is -2.27. The molecule has 5 heteroatoms. The lowest BCUT2D eigenvalue weighted by Gasteiger charge is -2.26. The number of furan rings is 1. The summed E-state index contributed by atoms with van der Waals surface area (Å²) in [5, 5.41) is 0.756. The Kier molecular flexibility index (Phi) is 4.75. The van der Waals surface area contributed by atoms with Gasteiger partial charge in [-0.3, -0.25) is 9.69 Å². The van der Waals surface area contributed by atoms with E-state index < -0.39 is 0 Å². The number of rotatable bonds is 3. The van der Waals surface area contributed by atoms with E-state index in [0.717, 1.165) is 23.0 Å². The summed E-state index contributed by atoms with van der Waals surface area (Å²) in [7, 11) is 0. The summed E-state index contributed by atoms with van der Waals surface area (Å²) in [4.78, 5) is 18.7. The van der Waals surface area contributed by atoms with Gasteiger partial charge in [0.15, 0.2) is 5.17 Å². The van der Waals surface area contributed by atoms with Crippen LogP contribution in [0.3, 0.4) is 0 Å². The number of para-hydroxylation sites is 1. The quantitative estimate of drug-likeness (QED) is 0.806. The maximum atomic E-state index is 12.4. The van der Waals surface area contributed by atoms with Crippen molar-refractivity contribution in [1.29, 1.82) is 0 Å². The highest BCUT2D eigenvalue weighted by Gasteiger charge is 2.22. The molecule has 1 aromatic heterocycles. The molecule has 112 valence electrons. The summed E-state index contributed by atoms with van der Waals surface area (Å²) in [6.07, 6.45) is 5.77. The molecule has 0 spiro atoms. The van der Waals surface area contributed by atoms with Crippen LogP contribution in [0.2, 0.25) is 0 Å². The molecule has 0 saturated carbocycles. The van der Waals surface area contributed by atoms with Crippen molar-refractivity contribution < 1.29 is 9.21 Å². The van der Waals surface area contributed by atoms with Gasteiger partial charge in [-0.1, -0.05) is 30.0 Å². The summed E-state index contributed by atoms with van der Waals surface area (Å²) in [6, 6.07) is 13.3. The number of nitrogens with zero attached hydrogens (tertiary/aromatic N) is 2. The van der Waals surface area contributed by atoms with Gasteiger partial charge in [0.05, 0.1) is 12.0 Å². The number of aliphatic imine (C=N–C) groups is 1. The van der Waals surface area contributed by atoms with E-state index >= 15 is 0 Å². The third-order valence-corrected chi connectivity index (χ3v) is 4.23. The fourth-order valence-corrected chi connectivity index (χ4v) is 3.06. The minimum Gasteiger partial charge on any atom is -0.465 e. The smallest absolute Gasteiger partial charge is 0.252 e. The van der Waals surface area contributed by atoms with E-state index in [0.29, 0.717) is 12.3 Å². The fraction of sp³-hybridized carbons (Fsp3) is 0.176. The molecule has 2 heterocycles. The van der Waals surface area contributed by atoms with Crippen molar-refractivity contribution >= 4 is 34.6 Å². The van der Waals surface area contributed by atoms with Crippen LogP contribution in [0.5, 0.6) is 0 Å². The monoisotopic (exact) mass is 312 g/mol. The lowest BCUT2D eigenvalue weighted by Crippen LogP contribution is -2.38. The summed E-state index contributed by atoms with van der Waals surface area (Å²) >= 11 is 1.62. The zero-order valence-corrected chi connectivity index (χ0v) is 12.8. The number of amides is 1. The van der Waals surface area contributed by atoms with Crippen molar-refractivity contribution in [2.75, 3.05) is 12.3 Å². The van der Waals surface area contributed by atoms with Crippen LogP contribution in [-0.2, 0) is 4.79 Å². The Bertz CT molecular complexity index is 678. The Labute approximate surface area is 133 Å². The molecule has 1 aliphatic heterocycles. The lowest BCUT2D eigenvalue weighted by atomic mass is 10.3. The highest BCUT2D eigenvalue weighted by molar-refractivity contribution is 8.13. The van der Waals surface area contributed by atoms with E-state index in [9.17, 15) is 4.79 Å². The Morgan fingerprint density at radius 2 is 2.09 bits per heavy atom. The molecule has 0 aliphatic carbocycles. The van der Waals surface area contributed by atoms with Gasteiger partial charge in [-0.15, -0.1) is 0 Å². The number of thioether (sulfide) groups is 1. The van der Waals surface area contributed by atoms with E-state index in [1.165, 1.54) is 6.08 Å². The van der Waals surface area contributed by atoms with Crippen LogP contribution >= 0.6 is 11.8 Å². The number of amidine groups is 1. The van der Waals surface area contributed by atoms with Crippen LogP contribution in [0.1, 0.15) is 12.2 Å². The van der Waals surface area contributed by atoms with Crippen molar-refractivity contribution in [2.45, 2.75) is 6.42 Å². The number of hydrogen-bond donors (Lipinski definition) is 0. The van der Waals surface area contributed by atoms with Crippen LogP contribution in [-0.4, -0.2) is 28.3 Å². The lowest BCUT2D eigenvalue weighted by molar-refractivity contribution is -0.122. The normalized spacial score (nSPS) is 17.3. The second-order valence-electron chi connectivity index (χ2n) is 4.77. The van der Waals surface area contributed by atoms with Gasteiger partial charge in [-0.05, 0) is 36.8 Å². The van der Waals surface area contributed by atoms with Gasteiger partial charge < -0.3 is 4.42 Å². The highest BCUT2D eigenvalue weighted by atomic mass is 32.2. The molecule has 0 unspecified atom stereocenters.